The number of piperazine rings is 1. The number of aromatic nitrogens is 2. The maximum absolute atomic E-state index is 14.2. The van der Waals surface area contributed by atoms with Crippen molar-refractivity contribution in [2.75, 3.05) is 41.7 Å². The van der Waals surface area contributed by atoms with Gasteiger partial charge in [0.15, 0.2) is 0 Å². The molecule has 8 nitrogen and oxygen atoms in total. The lowest BCUT2D eigenvalue weighted by Gasteiger charge is -2.35. The smallest absolute Gasteiger partial charge is 0.247 e. The molecule has 1 aliphatic rings. The number of benzene rings is 3. The van der Waals surface area contributed by atoms with E-state index in [-0.39, 0.29) is 5.91 Å². The zero-order valence-electron chi connectivity index (χ0n) is 21.7. The summed E-state index contributed by atoms with van der Waals surface area (Å²) in [7, 11) is 0. The highest BCUT2D eigenvalue weighted by Gasteiger charge is 2.19. The van der Waals surface area contributed by atoms with Crippen LogP contribution in [0.15, 0.2) is 79.5 Å². The molecule has 0 bridgehead atoms. The van der Waals surface area contributed by atoms with Crippen LogP contribution < -0.4 is 15.5 Å². The zero-order valence-corrected chi connectivity index (χ0v) is 21.7. The second-order valence-electron chi connectivity index (χ2n) is 9.26. The number of alkyl halides is 1. The number of para-hydroxylation sites is 1. The number of carbonyl (C=O) groups is 2. The number of fused-ring (bicyclic) bond motifs is 1. The number of nitrogens with zero attached hydrogens (tertiary/aromatic N) is 4. The van der Waals surface area contributed by atoms with E-state index in [4.69, 9.17) is 4.98 Å². The second-order valence-corrected chi connectivity index (χ2v) is 9.26. The van der Waals surface area contributed by atoms with E-state index >= 15 is 0 Å². The third kappa shape index (κ3) is 5.57. The summed E-state index contributed by atoms with van der Waals surface area (Å²) in [4.78, 5) is 36.8. The standard InChI is InChI=1S/C30H29FN6O2/c1-3-28(39)34-27-9-5-7-24(26(27)18-31)25-8-4-6-21-19-32-30(35-29(21)25)33-22-10-12-23(13-11-22)37-16-14-36(15-17-37)20(2)38/h3-13,19H,1,14-18H2,2H3,(H,34,39)(H,32,33,35). The molecule has 1 aliphatic heterocycles. The van der Waals surface area contributed by atoms with E-state index in [1.165, 1.54) is 0 Å². The SMILES string of the molecule is C=CC(=O)Nc1cccc(-c2cccc3cnc(Nc4ccc(N5CCN(C(C)=O)CC5)cc4)nc23)c1CF. The Morgan fingerprint density at radius 2 is 1.72 bits per heavy atom. The minimum Gasteiger partial charge on any atom is -0.368 e. The first-order valence-electron chi connectivity index (χ1n) is 12.7. The first-order chi connectivity index (χ1) is 19.0. The van der Waals surface area contributed by atoms with Gasteiger partial charge in [-0.1, -0.05) is 36.9 Å². The van der Waals surface area contributed by atoms with Crippen molar-refractivity contribution in [1.29, 1.82) is 0 Å². The van der Waals surface area contributed by atoms with Crippen LogP contribution in [-0.4, -0.2) is 52.9 Å². The van der Waals surface area contributed by atoms with Gasteiger partial charge in [-0.25, -0.2) is 14.4 Å². The minimum absolute atomic E-state index is 0.112. The first-order valence-corrected chi connectivity index (χ1v) is 12.7. The van der Waals surface area contributed by atoms with Gasteiger partial charge in [0.2, 0.25) is 17.8 Å². The van der Waals surface area contributed by atoms with Gasteiger partial charge in [0.05, 0.1) is 5.52 Å². The molecule has 0 saturated carbocycles. The van der Waals surface area contributed by atoms with E-state index in [9.17, 15) is 14.0 Å². The van der Waals surface area contributed by atoms with Crippen LogP contribution in [0.5, 0.6) is 0 Å². The number of amides is 2. The molecule has 9 heteroatoms. The predicted molar refractivity (Wildman–Crippen MR) is 153 cm³/mol. The summed E-state index contributed by atoms with van der Waals surface area (Å²) in [6.07, 6.45) is 2.88. The molecule has 2 amide bonds. The van der Waals surface area contributed by atoms with Gasteiger partial charge in [-0.05, 0) is 42.0 Å². The Kier molecular flexibility index (Phi) is 7.49. The Labute approximate surface area is 226 Å². The molecule has 2 heterocycles. The molecular formula is C30H29FN6O2. The maximum Gasteiger partial charge on any atom is 0.247 e. The Balaban J connectivity index is 1.40. The number of rotatable bonds is 7. The fourth-order valence-electron chi connectivity index (χ4n) is 4.78. The molecule has 0 atom stereocenters. The molecule has 0 spiro atoms. The lowest BCUT2D eigenvalue weighted by Crippen LogP contribution is -2.48. The van der Waals surface area contributed by atoms with Crippen molar-refractivity contribution in [2.24, 2.45) is 0 Å². The summed E-state index contributed by atoms with van der Waals surface area (Å²) >= 11 is 0. The van der Waals surface area contributed by atoms with Crippen molar-refractivity contribution in [2.45, 2.75) is 13.6 Å². The van der Waals surface area contributed by atoms with Gasteiger partial charge in [0.1, 0.15) is 6.67 Å². The topological polar surface area (TPSA) is 90.5 Å². The van der Waals surface area contributed by atoms with Crippen molar-refractivity contribution >= 4 is 45.7 Å². The summed E-state index contributed by atoms with van der Waals surface area (Å²) in [6, 6.07) is 18.9. The molecule has 2 N–H and O–H groups in total. The Morgan fingerprint density at radius 3 is 2.41 bits per heavy atom. The summed E-state index contributed by atoms with van der Waals surface area (Å²) in [5.74, 6) is 0.120. The largest absolute Gasteiger partial charge is 0.368 e. The average Bonchev–Trinajstić information content (AvgIpc) is 2.97. The number of hydrogen-bond acceptors (Lipinski definition) is 6. The maximum atomic E-state index is 14.2. The van der Waals surface area contributed by atoms with Gasteiger partial charge in [-0.15, -0.1) is 0 Å². The first kappa shape index (κ1) is 25.8. The van der Waals surface area contributed by atoms with Crippen LogP contribution in [0.25, 0.3) is 22.0 Å². The van der Waals surface area contributed by atoms with Crippen molar-refractivity contribution in [3.63, 3.8) is 0 Å². The van der Waals surface area contributed by atoms with Crippen LogP contribution >= 0.6 is 0 Å². The van der Waals surface area contributed by atoms with Crippen molar-refractivity contribution in [3.05, 3.63) is 85.1 Å². The molecular weight excluding hydrogens is 495 g/mol. The van der Waals surface area contributed by atoms with E-state index in [1.807, 2.05) is 53.4 Å². The Bertz CT molecular complexity index is 1530. The lowest BCUT2D eigenvalue weighted by molar-refractivity contribution is -0.129. The molecule has 0 aliphatic carbocycles. The van der Waals surface area contributed by atoms with Gasteiger partial charge >= 0.3 is 0 Å². The number of nitrogens with one attached hydrogen (secondary N) is 2. The quantitative estimate of drug-likeness (QED) is 0.319. The van der Waals surface area contributed by atoms with Gasteiger partial charge in [-0.2, -0.15) is 0 Å². The molecule has 0 unspecified atom stereocenters. The highest BCUT2D eigenvalue weighted by atomic mass is 19.1. The molecule has 1 aromatic heterocycles. The highest BCUT2D eigenvalue weighted by molar-refractivity contribution is 6.01. The molecule has 5 rings (SSSR count). The van der Waals surface area contributed by atoms with Crippen molar-refractivity contribution < 1.29 is 14.0 Å². The Hall–Kier alpha value is -4.79. The fraction of sp³-hybridized carbons (Fsp3) is 0.200. The molecule has 4 aromatic rings. The van der Waals surface area contributed by atoms with Gasteiger partial charge in [-0.3, -0.25) is 9.59 Å². The third-order valence-electron chi connectivity index (χ3n) is 6.87. The van der Waals surface area contributed by atoms with Crippen LogP contribution in [0.3, 0.4) is 0 Å². The molecule has 198 valence electrons. The van der Waals surface area contributed by atoms with Gasteiger partial charge < -0.3 is 20.4 Å². The van der Waals surface area contributed by atoms with Crippen LogP contribution in [0, 0.1) is 0 Å². The molecule has 1 saturated heterocycles. The average molecular weight is 525 g/mol. The number of hydrogen-bond donors (Lipinski definition) is 2. The summed E-state index contributed by atoms with van der Waals surface area (Å²) in [6.45, 7) is 7.34. The van der Waals surface area contributed by atoms with Crippen LogP contribution in [-0.2, 0) is 16.3 Å². The highest BCUT2D eigenvalue weighted by Crippen LogP contribution is 2.34. The number of anilines is 4. The van der Waals surface area contributed by atoms with Crippen LogP contribution in [0.4, 0.5) is 27.4 Å². The number of halogens is 1. The molecule has 3 aromatic carbocycles. The van der Waals surface area contributed by atoms with Crippen molar-refractivity contribution in [1.82, 2.24) is 14.9 Å². The van der Waals surface area contributed by atoms with E-state index < -0.39 is 12.6 Å². The molecule has 1 fully saturated rings. The van der Waals surface area contributed by atoms with Gasteiger partial charge in [0, 0.05) is 72.9 Å². The third-order valence-corrected chi connectivity index (χ3v) is 6.87. The van der Waals surface area contributed by atoms with Gasteiger partial charge in [0.25, 0.3) is 0 Å². The normalized spacial score (nSPS) is 13.3. The lowest BCUT2D eigenvalue weighted by atomic mass is 9.96. The van der Waals surface area contributed by atoms with Crippen LogP contribution in [0.1, 0.15) is 12.5 Å². The van der Waals surface area contributed by atoms with Crippen molar-refractivity contribution in [3.8, 4) is 11.1 Å². The number of carbonyl (C=O) groups excluding carboxylic acids is 2. The van der Waals surface area contributed by atoms with E-state index in [0.29, 0.717) is 28.3 Å². The van der Waals surface area contributed by atoms with Crippen LogP contribution in [0.2, 0.25) is 0 Å². The molecule has 0 radical (unpaired) electrons. The summed E-state index contributed by atoms with van der Waals surface area (Å²) in [5, 5.41) is 6.76. The predicted octanol–water partition coefficient (Wildman–Crippen LogP) is 5.30. The van der Waals surface area contributed by atoms with E-state index in [2.05, 4.69) is 27.1 Å². The van der Waals surface area contributed by atoms with E-state index in [0.717, 1.165) is 54.6 Å². The Morgan fingerprint density at radius 1 is 1.00 bits per heavy atom. The fourth-order valence-corrected chi connectivity index (χ4v) is 4.78. The summed E-state index contributed by atoms with van der Waals surface area (Å²) in [5.41, 5.74) is 4.73. The summed E-state index contributed by atoms with van der Waals surface area (Å²) < 4.78 is 14.2. The zero-order chi connectivity index (χ0) is 27.4. The van der Waals surface area contributed by atoms with E-state index in [1.54, 1.807) is 25.3 Å². The second kappa shape index (κ2) is 11.3. The molecule has 39 heavy (non-hydrogen) atoms. The monoisotopic (exact) mass is 524 g/mol. The minimum atomic E-state index is -0.758.